The van der Waals surface area contributed by atoms with E-state index in [0.29, 0.717) is 36.6 Å². The number of thiazole rings is 1. The van der Waals surface area contributed by atoms with Gasteiger partial charge in [-0.2, -0.15) is 9.47 Å². The lowest BCUT2D eigenvalue weighted by Crippen LogP contribution is -2.38. The second-order valence-corrected chi connectivity index (χ2v) is 11.2. The van der Waals surface area contributed by atoms with Crippen LogP contribution in [-0.2, 0) is 0 Å². The first-order valence-electron chi connectivity index (χ1n) is 10.5. The Labute approximate surface area is 225 Å². The Morgan fingerprint density at radius 1 is 1.17 bits per heavy atom. The summed E-state index contributed by atoms with van der Waals surface area (Å²) >= 11 is 18.2. The van der Waals surface area contributed by atoms with Gasteiger partial charge in [-0.05, 0) is 48.6 Å². The van der Waals surface area contributed by atoms with Crippen molar-refractivity contribution >= 4 is 67.9 Å². The molecule has 1 saturated heterocycles. The van der Waals surface area contributed by atoms with E-state index in [9.17, 15) is 13.6 Å². The van der Waals surface area contributed by atoms with E-state index in [1.165, 1.54) is 29.1 Å². The Kier molecular flexibility index (Phi) is 7.23. The van der Waals surface area contributed by atoms with Gasteiger partial charge >= 0.3 is 0 Å². The smallest absolute Gasteiger partial charge is 0.281 e. The Bertz CT molecular complexity index is 1370. The summed E-state index contributed by atoms with van der Waals surface area (Å²) in [6.45, 7) is 0.884. The minimum absolute atomic E-state index is 0.0744. The molecule has 1 aromatic carbocycles. The van der Waals surface area contributed by atoms with E-state index in [2.05, 4.69) is 25.4 Å². The lowest BCUT2D eigenvalue weighted by Gasteiger charge is -2.31. The number of nitrogens with zero attached hydrogens (tertiary/aromatic N) is 5. The van der Waals surface area contributed by atoms with Crippen LogP contribution in [0.5, 0.6) is 0 Å². The van der Waals surface area contributed by atoms with Gasteiger partial charge in [0.25, 0.3) is 12.3 Å². The first-order valence-corrected chi connectivity index (χ1v) is 13.7. The highest BCUT2D eigenvalue weighted by Crippen LogP contribution is 2.39. The average Bonchev–Trinajstić information content (AvgIpc) is 3.59. The molecule has 35 heavy (non-hydrogen) atoms. The lowest BCUT2D eigenvalue weighted by molar-refractivity contribution is 0.0700. The van der Waals surface area contributed by atoms with Crippen molar-refractivity contribution < 1.29 is 13.6 Å². The largest absolute Gasteiger partial charge is 0.338 e. The van der Waals surface area contributed by atoms with Gasteiger partial charge in [0.1, 0.15) is 5.69 Å². The van der Waals surface area contributed by atoms with Crippen LogP contribution in [0.2, 0.25) is 10.2 Å². The van der Waals surface area contributed by atoms with Crippen LogP contribution in [0, 0.1) is 0 Å². The molecule has 0 spiro atoms. The number of likely N-dealkylation sites (tertiary alicyclic amines) is 1. The van der Waals surface area contributed by atoms with E-state index >= 15 is 0 Å². The number of carbonyl (C=O) groups excluding carboxylic acids is 1. The Morgan fingerprint density at radius 3 is 2.51 bits per heavy atom. The van der Waals surface area contributed by atoms with Crippen LogP contribution in [0.1, 0.15) is 46.2 Å². The SMILES string of the molecule is O=C(c1cnn(-c2ccc(Br)cc2)c1C(F)F)N1CCC(c2nc(-c3snc(Cl)c3Cl)cs2)CC1. The van der Waals surface area contributed by atoms with Gasteiger partial charge in [-0.3, -0.25) is 4.79 Å². The molecule has 0 N–H and O–H groups in total. The van der Waals surface area contributed by atoms with Gasteiger partial charge in [0.15, 0.2) is 5.15 Å². The van der Waals surface area contributed by atoms with Gasteiger partial charge in [0.2, 0.25) is 0 Å². The fourth-order valence-corrected chi connectivity index (χ4v) is 6.52. The fraction of sp³-hybridized carbons (Fsp3) is 0.273. The summed E-state index contributed by atoms with van der Waals surface area (Å²) in [5, 5.41) is 7.63. The molecule has 1 aliphatic heterocycles. The number of carbonyl (C=O) groups is 1. The molecule has 0 bridgehead atoms. The summed E-state index contributed by atoms with van der Waals surface area (Å²) in [5.41, 5.74) is 0.724. The molecule has 182 valence electrons. The summed E-state index contributed by atoms with van der Waals surface area (Å²) in [4.78, 5) is 20.2. The zero-order valence-corrected chi connectivity index (χ0v) is 22.5. The number of hydrogen-bond donors (Lipinski definition) is 0. The first kappa shape index (κ1) is 24.8. The Morgan fingerprint density at radius 2 is 1.89 bits per heavy atom. The molecule has 3 aromatic heterocycles. The van der Waals surface area contributed by atoms with Crippen LogP contribution in [0.15, 0.2) is 40.3 Å². The van der Waals surface area contributed by atoms with Gasteiger partial charge in [-0.1, -0.05) is 39.1 Å². The standard InChI is InChI=1S/C22H16BrCl2F2N5OS2/c23-12-1-3-13(4-2-12)32-17(20(26)27)14(9-28-32)22(33)31-7-5-11(6-8-31)21-29-15(10-34-21)18-16(24)19(25)30-35-18/h1-4,9-11,20H,5-8H2. The maximum absolute atomic E-state index is 14.0. The minimum atomic E-state index is -2.85. The number of halogens is 5. The fourth-order valence-electron chi connectivity index (χ4n) is 4.02. The third-order valence-corrected chi connectivity index (χ3v) is 9.15. The number of amides is 1. The second-order valence-electron chi connectivity index (χ2n) is 7.89. The highest BCUT2D eigenvalue weighted by molar-refractivity contribution is 9.10. The molecule has 0 radical (unpaired) electrons. The Balaban J connectivity index is 1.30. The molecular formula is C22H16BrCl2F2N5OS2. The molecule has 5 rings (SSSR count). The average molecular weight is 619 g/mol. The van der Waals surface area contributed by atoms with Crippen molar-refractivity contribution in [2.24, 2.45) is 0 Å². The predicted molar refractivity (Wildman–Crippen MR) is 137 cm³/mol. The maximum atomic E-state index is 14.0. The summed E-state index contributed by atoms with van der Waals surface area (Å²) in [6.07, 6.45) is -0.255. The molecule has 4 heterocycles. The van der Waals surface area contributed by atoms with E-state index in [1.807, 2.05) is 5.38 Å². The van der Waals surface area contributed by atoms with E-state index < -0.39 is 18.0 Å². The van der Waals surface area contributed by atoms with Gasteiger partial charge in [0, 0.05) is 28.9 Å². The molecule has 13 heteroatoms. The molecule has 0 unspecified atom stereocenters. The van der Waals surface area contributed by atoms with Crippen molar-refractivity contribution in [3.8, 4) is 16.3 Å². The van der Waals surface area contributed by atoms with Crippen molar-refractivity contribution in [1.82, 2.24) is 24.0 Å². The van der Waals surface area contributed by atoms with Gasteiger partial charge < -0.3 is 4.90 Å². The third-order valence-electron chi connectivity index (χ3n) is 5.80. The number of aromatic nitrogens is 4. The summed E-state index contributed by atoms with van der Waals surface area (Å²) < 4.78 is 34.0. The second kappa shape index (κ2) is 10.2. The highest BCUT2D eigenvalue weighted by atomic mass is 79.9. The monoisotopic (exact) mass is 617 g/mol. The van der Waals surface area contributed by atoms with Crippen LogP contribution in [0.4, 0.5) is 8.78 Å². The number of benzene rings is 1. The van der Waals surface area contributed by atoms with Crippen molar-refractivity contribution in [1.29, 1.82) is 0 Å². The van der Waals surface area contributed by atoms with E-state index in [-0.39, 0.29) is 16.6 Å². The van der Waals surface area contributed by atoms with Crippen molar-refractivity contribution in [2.45, 2.75) is 25.2 Å². The van der Waals surface area contributed by atoms with Crippen LogP contribution in [0.3, 0.4) is 0 Å². The normalized spacial score (nSPS) is 14.7. The number of hydrogen-bond acceptors (Lipinski definition) is 6. The minimum Gasteiger partial charge on any atom is -0.338 e. The number of rotatable bonds is 5. The van der Waals surface area contributed by atoms with Crippen LogP contribution < -0.4 is 0 Å². The topological polar surface area (TPSA) is 63.9 Å². The molecule has 1 amide bonds. The zero-order chi connectivity index (χ0) is 24.7. The van der Waals surface area contributed by atoms with Crippen molar-refractivity contribution in [3.63, 3.8) is 0 Å². The molecular weight excluding hydrogens is 603 g/mol. The van der Waals surface area contributed by atoms with Crippen LogP contribution in [-0.4, -0.2) is 43.0 Å². The molecule has 1 fully saturated rings. The van der Waals surface area contributed by atoms with Gasteiger partial charge in [0.05, 0.1) is 38.0 Å². The zero-order valence-electron chi connectivity index (χ0n) is 17.8. The molecule has 0 aliphatic carbocycles. The van der Waals surface area contributed by atoms with Gasteiger partial charge in [-0.25, -0.2) is 18.4 Å². The van der Waals surface area contributed by atoms with Crippen molar-refractivity contribution in [2.75, 3.05) is 13.1 Å². The molecule has 1 aliphatic rings. The van der Waals surface area contributed by atoms with E-state index in [0.717, 1.165) is 24.7 Å². The molecule has 6 nitrogen and oxygen atoms in total. The third kappa shape index (κ3) is 4.89. The first-order chi connectivity index (χ1) is 16.8. The lowest BCUT2D eigenvalue weighted by atomic mass is 9.97. The van der Waals surface area contributed by atoms with Crippen LogP contribution in [0.25, 0.3) is 16.3 Å². The highest BCUT2D eigenvalue weighted by Gasteiger charge is 2.31. The summed E-state index contributed by atoms with van der Waals surface area (Å²) in [7, 11) is 0. The van der Waals surface area contributed by atoms with E-state index in [1.54, 1.807) is 29.2 Å². The quantitative estimate of drug-likeness (QED) is 0.233. The summed E-state index contributed by atoms with van der Waals surface area (Å²) in [6, 6.07) is 6.80. The maximum Gasteiger partial charge on any atom is 0.281 e. The van der Waals surface area contributed by atoms with E-state index in [4.69, 9.17) is 28.2 Å². The van der Waals surface area contributed by atoms with Gasteiger partial charge in [-0.15, -0.1) is 11.3 Å². The molecule has 0 atom stereocenters. The predicted octanol–water partition coefficient (Wildman–Crippen LogP) is 7.48. The van der Waals surface area contributed by atoms with Crippen LogP contribution >= 0.6 is 62.0 Å². The number of piperidine rings is 1. The van der Waals surface area contributed by atoms with Crippen molar-refractivity contribution in [3.05, 3.63) is 66.8 Å². The molecule has 4 aromatic rings. The Hall–Kier alpha value is -1.92. The number of alkyl halides is 2. The molecule has 0 saturated carbocycles. The summed E-state index contributed by atoms with van der Waals surface area (Å²) in [5.74, 6) is -0.270.